The summed E-state index contributed by atoms with van der Waals surface area (Å²) >= 11 is 0. The smallest absolute Gasteiger partial charge is 0.238 e. The van der Waals surface area contributed by atoms with Crippen LogP contribution in [0.4, 0.5) is 0 Å². The zero-order chi connectivity index (χ0) is 28.4. The first-order chi connectivity index (χ1) is 20.5. The van der Waals surface area contributed by atoms with E-state index in [0.29, 0.717) is 23.2 Å². The third-order valence-electron chi connectivity index (χ3n) is 8.50. The minimum atomic E-state index is -0.0742. The molecule has 42 heavy (non-hydrogen) atoms. The van der Waals surface area contributed by atoms with E-state index >= 15 is 0 Å². The maximum atomic E-state index is 9.59. The summed E-state index contributed by atoms with van der Waals surface area (Å²) in [6.07, 6.45) is 0. The van der Waals surface area contributed by atoms with Gasteiger partial charge in [-0.15, -0.1) is 0 Å². The Bertz CT molecular complexity index is 2240. The van der Waals surface area contributed by atoms with Crippen molar-refractivity contribution in [3.05, 3.63) is 132 Å². The van der Waals surface area contributed by atoms with Crippen LogP contribution in [0.25, 0.3) is 61.7 Å². The van der Waals surface area contributed by atoms with Crippen LogP contribution in [0.2, 0.25) is 0 Å². The third kappa shape index (κ3) is 3.52. The van der Waals surface area contributed by atoms with Gasteiger partial charge in [0.1, 0.15) is 0 Å². The molecule has 0 aliphatic heterocycles. The number of fused-ring (bicyclic) bond motifs is 6. The molecule has 0 unspecified atom stereocenters. The van der Waals surface area contributed by atoms with E-state index in [0.717, 1.165) is 32.9 Å². The summed E-state index contributed by atoms with van der Waals surface area (Å²) in [6, 6.07) is 41.5. The van der Waals surface area contributed by atoms with Crippen molar-refractivity contribution < 1.29 is 0 Å². The van der Waals surface area contributed by atoms with Gasteiger partial charge in [-0.25, -0.2) is 4.98 Å². The van der Waals surface area contributed by atoms with Crippen LogP contribution in [0.15, 0.2) is 115 Å². The van der Waals surface area contributed by atoms with Gasteiger partial charge in [0.05, 0.1) is 22.7 Å². The van der Waals surface area contributed by atoms with Crippen LogP contribution in [0.5, 0.6) is 0 Å². The number of rotatable bonds is 3. The van der Waals surface area contributed by atoms with Crippen molar-refractivity contribution in [1.82, 2.24) is 19.5 Å². The van der Waals surface area contributed by atoms with E-state index in [4.69, 9.17) is 15.0 Å². The Morgan fingerprint density at radius 3 is 2.12 bits per heavy atom. The molecule has 0 amide bonds. The van der Waals surface area contributed by atoms with Gasteiger partial charge in [0.25, 0.3) is 0 Å². The van der Waals surface area contributed by atoms with Gasteiger partial charge in [-0.05, 0) is 52.6 Å². The molecule has 1 aliphatic carbocycles. The van der Waals surface area contributed by atoms with Gasteiger partial charge in [-0.1, -0.05) is 98.8 Å². The van der Waals surface area contributed by atoms with Crippen LogP contribution in [-0.2, 0) is 5.41 Å². The molecule has 2 heterocycles. The number of hydrogen-bond donors (Lipinski definition) is 0. The quantitative estimate of drug-likeness (QED) is 0.226. The maximum absolute atomic E-state index is 9.59. The van der Waals surface area contributed by atoms with Gasteiger partial charge < -0.3 is 0 Å². The average molecular weight is 540 g/mol. The van der Waals surface area contributed by atoms with Crippen molar-refractivity contribution in [3.8, 4) is 45.9 Å². The summed E-state index contributed by atoms with van der Waals surface area (Å²) in [5.74, 6) is 1.76. The van der Waals surface area contributed by atoms with Crippen molar-refractivity contribution >= 4 is 21.8 Å². The molecule has 0 atom stereocenters. The van der Waals surface area contributed by atoms with Crippen LogP contribution in [-0.4, -0.2) is 19.5 Å². The lowest BCUT2D eigenvalue weighted by Gasteiger charge is -2.21. The molecule has 8 rings (SSSR count). The Morgan fingerprint density at radius 2 is 1.29 bits per heavy atom. The molecule has 5 nitrogen and oxygen atoms in total. The third-order valence-corrected chi connectivity index (χ3v) is 8.50. The second kappa shape index (κ2) is 8.95. The topological polar surface area (TPSA) is 67.4 Å². The number of para-hydroxylation sites is 1. The summed E-state index contributed by atoms with van der Waals surface area (Å²) in [5, 5.41) is 11.6. The van der Waals surface area contributed by atoms with Crippen LogP contribution < -0.4 is 0 Å². The van der Waals surface area contributed by atoms with Crippen LogP contribution >= 0.6 is 0 Å². The van der Waals surface area contributed by atoms with E-state index in [-0.39, 0.29) is 5.41 Å². The van der Waals surface area contributed by atoms with Crippen LogP contribution in [0, 0.1) is 11.3 Å². The maximum Gasteiger partial charge on any atom is 0.238 e. The lowest BCUT2D eigenvalue weighted by Crippen LogP contribution is -2.14. The summed E-state index contributed by atoms with van der Waals surface area (Å²) in [4.78, 5) is 15.1. The Labute approximate surface area is 243 Å². The molecule has 0 radical (unpaired) electrons. The minimum absolute atomic E-state index is 0.0742. The number of hydrogen-bond acceptors (Lipinski definition) is 4. The zero-order valence-corrected chi connectivity index (χ0v) is 23.2. The SMILES string of the molecule is CC1(C)c2ccccc2-c2cc(-c3nc(-c4ccccc4)nc(-n4c5ccccc5c5cc(C#N)ccc54)n3)ccc21. The lowest BCUT2D eigenvalue weighted by molar-refractivity contribution is 0.660. The van der Waals surface area contributed by atoms with Gasteiger partial charge in [0.15, 0.2) is 11.6 Å². The number of nitriles is 1. The highest BCUT2D eigenvalue weighted by Crippen LogP contribution is 2.49. The number of nitrogens with zero attached hydrogens (tertiary/aromatic N) is 5. The monoisotopic (exact) mass is 539 g/mol. The van der Waals surface area contributed by atoms with Crippen molar-refractivity contribution in [2.45, 2.75) is 19.3 Å². The molecular formula is C37H25N5. The molecule has 0 saturated carbocycles. The van der Waals surface area contributed by atoms with Gasteiger partial charge in [-0.2, -0.15) is 15.2 Å². The molecule has 0 bridgehead atoms. The van der Waals surface area contributed by atoms with Crippen molar-refractivity contribution in [2.24, 2.45) is 0 Å². The highest BCUT2D eigenvalue weighted by molar-refractivity contribution is 6.09. The van der Waals surface area contributed by atoms with Gasteiger partial charge in [0.2, 0.25) is 5.95 Å². The fourth-order valence-corrected chi connectivity index (χ4v) is 6.43. The van der Waals surface area contributed by atoms with E-state index < -0.39 is 0 Å². The fraction of sp³-hybridized carbons (Fsp3) is 0.0811. The summed E-state index contributed by atoms with van der Waals surface area (Å²) in [5.41, 5.74) is 9.44. The molecule has 5 aromatic carbocycles. The van der Waals surface area contributed by atoms with Gasteiger partial charge in [0, 0.05) is 27.3 Å². The van der Waals surface area contributed by atoms with E-state index in [9.17, 15) is 5.26 Å². The first-order valence-corrected chi connectivity index (χ1v) is 14.0. The summed E-state index contributed by atoms with van der Waals surface area (Å²) in [6.45, 7) is 4.57. The molecule has 1 aliphatic rings. The van der Waals surface area contributed by atoms with E-state index in [1.165, 1.54) is 22.3 Å². The zero-order valence-electron chi connectivity index (χ0n) is 23.2. The fourth-order valence-electron chi connectivity index (χ4n) is 6.43. The molecule has 7 aromatic rings. The average Bonchev–Trinajstić information content (AvgIpc) is 3.49. The molecule has 0 N–H and O–H groups in total. The van der Waals surface area contributed by atoms with Crippen LogP contribution in [0.1, 0.15) is 30.5 Å². The molecule has 0 spiro atoms. The lowest BCUT2D eigenvalue weighted by atomic mass is 9.82. The second-order valence-electron chi connectivity index (χ2n) is 11.3. The highest BCUT2D eigenvalue weighted by Gasteiger charge is 2.35. The highest BCUT2D eigenvalue weighted by atomic mass is 15.2. The Kier molecular flexibility index (Phi) is 5.16. The Morgan fingerprint density at radius 1 is 0.595 bits per heavy atom. The largest absolute Gasteiger partial charge is 0.278 e. The molecule has 2 aromatic heterocycles. The molecular weight excluding hydrogens is 514 g/mol. The van der Waals surface area contributed by atoms with E-state index in [1.807, 2.05) is 60.7 Å². The Hall–Kier alpha value is -5.60. The molecule has 198 valence electrons. The molecule has 0 fully saturated rings. The van der Waals surface area contributed by atoms with Crippen molar-refractivity contribution in [3.63, 3.8) is 0 Å². The van der Waals surface area contributed by atoms with Gasteiger partial charge >= 0.3 is 0 Å². The first kappa shape index (κ1) is 24.2. The van der Waals surface area contributed by atoms with E-state index in [2.05, 4.69) is 79.1 Å². The molecule has 0 saturated heterocycles. The van der Waals surface area contributed by atoms with Gasteiger partial charge in [-0.3, -0.25) is 4.57 Å². The van der Waals surface area contributed by atoms with E-state index in [1.54, 1.807) is 0 Å². The number of aromatic nitrogens is 4. The second-order valence-corrected chi connectivity index (χ2v) is 11.3. The predicted octanol–water partition coefficient (Wildman–Crippen LogP) is 8.48. The van der Waals surface area contributed by atoms with Crippen LogP contribution in [0.3, 0.4) is 0 Å². The minimum Gasteiger partial charge on any atom is -0.278 e. The van der Waals surface area contributed by atoms with Crippen molar-refractivity contribution in [1.29, 1.82) is 5.26 Å². The van der Waals surface area contributed by atoms with Crippen molar-refractivity contribution in [2.75, 3.05) is 0 Å². The Balaban J connectivity index is 1.40. The number of benzene rings is 5. The summed E-state index contributed by atoms with van der Waals surface area (Å²) < 4.78 is 2.08. The standard InChI is InChI=1S/C37H25N5/c1-37(2)30-14-8-6-12-26(30)28-21-25(17-18-31(28)37)35-39-34(24-10-4-3-5-11-24)40-36(41-35)42-32-15-9-7-13-27(32)29-20-23(22-38)16-19-33(29)42/h3-21H,1-2H3. The molecule has 5 heteroatoms. The predicted molar refractivity (Wildman–Crippen MR) is 167 cm³/mol. The first-order valence-electron chi connectivity index (χ1n) is 14.0. The normalized spacial score (nSPS) is 13.2. The summed E-state index contributed by atoms with van der Waals surface area (Å²) in [7, 11) is 0.